The number of rotatable bonds is 9. The average Bonchev–Trinajstić information content (AvgIpc) is 2.24. The first-order chi connectivity index (χ1) is 7.60. The Kier molecular flexibility index (Phi) is 8.46. The summed E-state index contributed by atoms with van der Waals surface area (Å²) in [7, 11) is 3.16. The Labute approximate surface area is 95.6 Å². The van der Waals surface area contributed by atoms with Gasteiger partial charge in [0.05, 0.1) is 13.2 Å². The normalized spacial score (nSPS) is 10.4. The summed E-state index contributed by atoms with van der Waals surface area (Å²) in [5, 5.41) is 11.2. The Hall–Kier alpha value is -1.14. The average molecular weight is 232 g/mol. The molecule has 0 aromatic carbocycles. The number of nitrogens with one attached hydrogen (secondary N) is 1. The van der Waals surface area contributed by atoms with Crippen molar-refractivity contribution in [2.45, 2.75) is 12.8 Å². The molecule has 0 aliphatic rings. The number of hydrogen-bond donors (Lipinski definition) is 2. The number of carboxylic acid groups (broad SMARTS) is 1. The fraction of sp³-hybridized carbons (Fsp3) is 0.800. The maximum Gasteiger partial charge on any atom is 0.317 e. The van der Waals surface area contributed by atoms with Crippen LogP contribution in [0.5, 0.6) is 0 Å². The number of methoxy groups -OCH3 is 1. The number of carboxylic acids is 1. The van der Waals surface area contributed by atoms with Gasteiger partial charge < -0.3 is 15.2 Å². The van der Waals surface area contributed by atoms with Crippen molar-refractivity contribution in [1.82, 2.24) is 10.2 Å². The Bertz CT molecular complexity index is 221. The fourth-order valence-electron chi connectivity index (χ4n) is 1.27. The van der Waals surface area contributed by atoms with Crippen LogP contribution in [0.3, 0.4) is 0 Å². The van der Waals surface area contributed by atoms with E-state index in [1.807, 2.05) is 0 Å². The van der Waals surface area contributed by atoms with E-state index in [4.69, 9.17) is 9.84 Å². The Morgan fingerprint density at radius 3 is 2.56 bits per heavy atom. The smallest absolute Gasteiger partial charge is 0.317 e. The zero-order chi connectivity index (χ0) is 12.4. The number of hydrogen-bond acceptors (Lipinski definition) is 4. The van der Waals surface area contributed by atoms with Crippen LogP contribution in [0, 0.1) is 0 Å². The fourth-order valence-corrected chi connectivity index (χ4v) is 1.27. The third kappa shape index (κ3) is 8.19. The number of carbonyl (C=O) groups excluding carboxylic acids is 1. The minimum atomic E-state index is -0.865. The molecular formula is C10H20N2O4. The quantitative estimate of drug-likeness (QED) is 0.562. The zero-order valence-corrected chi connectivity index (χ0v) is 9.86. The molecule has 0 unspecified atom stereocenters. The zero-order valence-electron chi connectivity index (χ0n) is 9.86. The van der Waals surface area contributed by atoms with Crippen LogP contribution in [-0.4, -0.2) is 62.3 Å². The minimum Gasteiger partial charge on any atom is -0.480 e. The van der Waals surface area contributed by atoms with Crippen molar-refractivity contribution in [2.75, 3.05) is 40.4 Å². The van der Waals surface area contributed by atoms with Gasteiger partial charge in [0.2, 0.25) is 5.91 Å². The second kappa shape index (κ2) is 9.11. The molecule has 0 aliphatic carbocycles. The standard InChI is InChI=1S/C10H20N2O4/c1-11-9(13)4-3-5-12(6-7-16-2)8-10(14)15/h3-8H2,1-2H3,(H,11,13)(H,14,15). The number of amides is 1. The largest absolute Gasteiger partial charge is 0.480 e. The van der Waals surface area contributed by atoms with Gasteiger partial charge in [0.15, 0.2) is 0 Å². The van der Waals surface area contributed by atoms with Crippen molar-refractivity contribution in [3.05, 3.63) is 0 Å². The van der Waals surface area contributed by atoms with Gasteiger partial charge in [-0.3, -0.25) is 14.5 Å². The lowest BCUT2D eigenvalue weighted by Crippen LogP contribution is -2.34. The van der Waals surface area contributed by atoms with Crippen molar-refractivity contribution in [1.29, 1.82) is 0 Å². The van der Waals surface area contributed by atoms with Gasteiger partial charge in [-0.05, 0) is 13.0 Å². The van der Waals surface area contributed by atoms with Crippen LogP contribution in [0.1, 0.15) is 12.8 Å². The molecule has 0 bridgehead atoms. The molecular weight excluding hydrogens is 212 g/mol. The molecule has 0 fully saturated rings. The Morgan fingerprint density at radius 2 is 2.06 bits per heavy atom. The van der Waals surface area contributed by atoms with E-state index in [-0.39, 0.29) is 12.5 Å². The molecule has 6 nitrogen and oxygen atoms in total. The summed E-state index contributed by atoms with van der Waals surface area (Å²) in [6.07, 6.45) is 1.07. The monoisotopic (exact) mass is 232 g/mol. The molecule has 0 radical (unpaired) electrons. The number of ether oxygens (including phenoxy) is 1. The Balaban J connectivity index is 3.81. The van der Waals surface area contributed by atoms with Crippen molar-refractivity contribution in [3.63, 3.8) is 0 Å². The molecule has 0 spiro atoms. The van der Waals surface area contributed by atoms with Crippen molar-refractivity contribution >= 4 is 11.9 Å². The van der Waals surface area contributed by atoms with E-state index in [2.05, 4.69) is 5.32 Å². The molecule has 16 heavy (non-hydrogen) atoms. The molecule has 94 valence electrons. The van der Waals surface area contributed by atoms with E-state index in [0.717, 1.165) is 0 Å². The van der Waals surface area contributed by atoms with Gasteiger partial charge in [-0.15, -0.1) is 0 Å². The lowest BCUT2D eigenvalue weighted by Gasteiger charge is -2.19. The van der Waals surface area contributed by atoms with Crippen LogP contribution in [0.4, 0.5) is 0 Å². The van der Waals surface area contributed by atoms with Gasteiger partial charge in [0.25, 0.3) is 0 Å². The predicted octanol–water partition coefficient (Wildman–Crippen LogP) is -0.454. The topological polar surface area (TPSA) is 78.9 Å². The highest BCUT2D eigenvalue weighted by atomic mass is 16.5. The maximum absolute atomic E-state index is 11.0. The van der Waals surface area contributed by atoms with Gasteiger partial charge >= 0.3 is 5.97 Å². The Morgan fingerprint density at radius 1 is 1.38 bits per heavy atom. The second-order valence-electron chi connectivity index (χ2n) is 3.44. The number of carbonyl (C=O) groups is 2. The molecule has 1 amide bonds. The predicted molar refractivity (Wildman–Crippen MR) is 59.3 cm³/mol. The van der Waals surface area contributed by atoms with Crippen LogP contribution < -0.4 is 5.32 Å². The van der Waals surface area contributed by atoms with Gasteiger partial charge in [-0.1, -0.05) is 0 Å². The van der Waals surface area contributed by atoms with Crippen LogP contribution in [0.2, 0.25) is 0 Å². The summed E-state index contributed by atoms with van der Waals surface area (Å²) >= 11 is 0. The van der Waals surface area contributed by atoms with E-state index in [1.54, 1.807) is 19.1 Å². The number of nitrogens with zero attached hydrogens (tertiary/aromatic N) is 1. The summed E-state index contributed by atoms with van der Waals surface area (Å²) in [5.41, 5.74) is 0. The first-order valence-corrected chi connectivity index (χ1v) is 5.23. The van der Waals surface area contributed by atoms with Crippen molar-refractivity contribution in [2.24, 2.45) is 0 Å². The highest BCUT2D eigenvalue weighted by Crippen LogP contribution is 1.96. The second-order valence-corrected chi connectivity index (χ2v) is 3.44. The third-order valence-electron chi connectivity index (χ3n) is 2.13. The molecule has 0 atom stereocenters. The maximum atomic E-state index is 11.0. The molecule has 0 aromatic heterocycles. The summed E-state index contributed by atoms with van der Waals surface area (Å²) < 4.78 is 4.89. The van der Waals surface area contributed by atoms with Crippen LogP contribution >= 0.6 is 0 Å². The molecule has 0 aromatic rings. The van der Waals surface area contributed by atoms with E-state index in [1.165, 1.54) is 0 Å². The van der Waals surface area contributed by atoms with Gasteiger partial charge in [0, 0.05) is 27.1 Å². The van der Waals surface area contributed by atoms with Gasteiger partial charge in [0.1, 0.15) is 0 Å². The summed E-state index contributed by atoms with van der Waals surface area (Å²) in [5.74, 6) is -0.891. The van der Waals surface area contributed by atoms with E-state index in [0.29, 0.717) is 32.5 Å². The van der Waals surface area contributed by atoms with E-state index in [9.17, 15) is 9.59 Å². The van der Waals surface area contributed by atoms with Crippen LogP contribution in [0.25, 0.3) is 0 Å². The van der Waals surface area contributed by atoms with Crippen LogP contribution in [-0.2, 0) is 14.3 Å². The lowest BCUT2D eigenvalue weighted by molar-refractivity contribution is -0.138. The summed E-state index contributed by atoms with van der Waals surface area (Å²) in [4.78, 5) is 23.3. The molecule has 2 N–H and O–H groups in total. The molecule has 6 heteroatoms. The first kappa shape index (κ1) is 14.9. The highest BCUT2D eigenvalue weighted by molar-refractivity contribution is 5.75. The summed E-state index contributed by atoms with van der Waals surface area (Å²) in [6, 6.07) is 0. The van der Waals surface area contributed by atoms with Crippen LogP contribution in [0.15, 0.2) is 0 Å². The van der Waals surface area contributed by atoms with Gasteiger partial charge in [-0.25, -0.2) is 0 Å². The van der Waals surface area contributed by atoms with E-state index < -0.39 is 5.97 Å². The van der Waals surface area contributed by atoms with Crippen molar-refractivity contribution in [3.8, 4) is 0 Å². The van der Waals surface area contributed by atoms with Gasteiger partial charge in [-0.2, -0.15) is 0 Å². The van der Waals surface area contributed by atoms with Crippen molar-refractivity contribution < 1.29 is 19.4 Å². The molecule has 0 saturated carbocycles. The lowest BCUT2D eigenvalue weighted by atomic mass is 10.2. The number of aliphatic carboxylic acids is 1. The third-order valence-corrected chi connectivity index (χ3v) is 2.13. The summed E-state index contributed by atoms with van der Waals surface area (Å²) in [6.45, 7) is 1.63. The molecule has 0 rings (SSSR count). The minimum absolute atomic E-state index is 0.0168. The molecule has 0 heterocycles. The SMILES string of the molecule is CNC(=O)CCCN(CCOC)CC(=O)O. The van der Waals surface area contributed by atoms with E-state index >= 15 is 0 Å². The first-order valence-electron chi connectivity index (χ1n) is 5.23. The molecule has 0 aliphatic heterocycles. The molecule has 0 saturated heterocycles. The highest BCUT2D eigenvalue weighted by Gasteiger charge is 2.09.